The van der Waals surface area contributed by atoms with Crippen LogP contribution in [0.4, 0.5) is 5.69 Å². The van der Waals surface area contributed by atoms with E-state index < -0.39 is 12.0 Å². The van der Waals surface area contributed by atoms with Crippen LogP contribution in [0.3, 0.4) is 0 Å². The second kappa shape index (κ2) is 9.36. The Bertz CT molecular complexity index is 966. The number of methoxy groups -OCH3 is 1. The quantitative estimate of drug-likeness (QED) is 0.599. The van der Waals surface area contributed by atoms with Crippen molar-refractivity contribution in [2.45, 2.75) is 12.5 Å². The fraction of sp³-hybridized carbons (Fsp3) is 0.136. The Balaban J connectivity index is 1.68. The molecule has 0 saturated heterocycles. The van der Waals surface area contributed by atoms with E-state index in [9.17, 15) is 14.4 Å². The number of rotatable bonds is 7. The summed E-state index contributed by atoms with van der Waals surface area (Å²) in [6.07, 6.45) is 1.43. The predicted molar refractivity (Wildman–Crippen MR) is 106 cm³/mol. The van der Waals surface area contributed by atoms with E-state index in [2.05, 4.69) is 10.6 Å². The molecular weight excluding hydrogens is 372 g/mol. The SMILES string of the molecule is COC(=O)C[C@@H](NC(=O)c1ccc(NC(=O)c2ccco2)cc1)c1ccccc1. The van der Waals surface area contributed by atoms with E-state index >= 15 is 0 Å². The highest BCUT2D eigenvalue weighted by Gasteiger charge is 2.19. The van der Waals surface area contributed by atoms with Gasteiger partial charge in [-0.15, -0.1) is 0 Å². The summed E-state index contributed by atoms with van der Waals surface area (Å²) >= 11 is 0. The third kappa shape index (κ3) is 5.32. The molecule has 0 fully saturated rings. The Hall–Kier alpha value is -3.87. The molecular formula is C22H20N2O5. The highest BCUT2D eigenvalue weighted by atomic mass is 16.5. The van der Waals surface area contributed by atoms with Gasteiger partial charge in [-0.2, -0.15) is 0 Å². The summed E-state index contributed by atoms with van der Waals surface area (Å²) in [6.45, 7) is 0. The third-order valence-electron chi connectivity index (χ3n) is 4.26. The molecule has 2 N–H and O–H groups in total. The minimum Gasteiger partial charge on any atom is -0.469 e. The van der Waals surface area contributed by atoms with Gasteiger partial charge in [-0.05, 0) is 42.0 Å². The minimum absolute atomic E-state index is 0.0174. The van der Waals surface area contributed by atoms with Crippen molar-refractivity contribution in [3.05, 3.63) is 89.9 Å². The van der Waals surface area contributed by atoms with E-state index in [4.69, 9.17) is 9.15 Å². The first kappa shape index (κ1) is 19.9. The van der Waals surface area contributed by atoms with Gasteiger partial charge in [0.1, 0.15) is 0 Å². The van der Waals surface area contributed by atoms with Crippen LogP contribution in [0.2, 0.25) is 0 Å². The van der Waals surface area contributed by atoms with Crippen LogP contribution in [0.15, 0.2) is 77.4 Å². The Labute approximate surface area is 167 Å². The van der Waals surface area contributed by atoms with Gasteiger partial charge < -0.3 is 19.8 Å². The standard InChI is InChI=1S/C22H20N2O5/c1-28-20(25)14-18(15-6-3-2-4-7-15)24-21(26)16-9-11-17(12-10-16)23-22(27)19-8-5-13-29-19/h2-13,18H,14H2,1H3,(H,23,27)(H,24,26)/t18-/m1/s1. The van der Waals surface area contributed by atoms with Gasteiger partial charge in [0.15, 0.2) is 5.76 Å². The van der Waals surface area contributed by atoms with Crippen LogP contribution in [0.5, 0.6) is 0 Å². The van der Waals surface area contributed by atoms with Crippen molar-refractivity contribution in [1.29, 1.82) is 0 Å². The van der Waals surface area contributed by atoms with Gasteiger partial charge in [-0.1, -0.05) is 30.3 Å². The summed E-state index contributed by atoms with van der Waals surface area (Å²) in [5.41, 5.74) is 1.72. The molecule has 2 aromatic carbocycles. The first-order valence-electron chi connectivity index (χ1n) is 8.94. The molecule has 3 rings (SSSR count). The van der Waals surface area contributed by atoms with E-state index in [1.165, 1.54) is 13.4 Å². The summed E-state index contributed by atoms with van der Waals surface area (Å²) in [6, 6.07) is 18.3. The lowest BCUT2D eigenvalue weighted by atomic mass is 10.0. The Morgan fingerprint density at radius 2 is 1.66 bits per heavy atom. The van der Waals surface area contributed by atoms with Crippen LogP contribution < -0.4 is 10.6 Å². The molecule has 0 radical (unpaired) electrons. The van der Waals surface area contributed by atoms with Crippen molar-refractivity contribution in [3.8, 4) is 0 Å². The summed E-state index contributed by atoms with van der Waals surface area (Å²) in [5, 5.41) is 5.54. The summed E-state index contributed by atoms with van der Waals surface area (Å²) < 4.78 is 9.78. The molecule has 0 aliphatic rings. The van der Waals surface area contributed by atoms with Crippen molar-refractivity contribution in [3.63, 3.8) is 0 Å². The normalized spacial score (nSPS) is 11.3. The van der Waals surface area contributed by atoms with E-state index in [1.807, 2.05) is 30.3 Å². The zero-order valence-corrected chi connectivity index (χ0v) is 15.8. The molecule has 0 spiro atoms. The van der Waals surface area contributed by atoms with Crippen molar-refractivity contribution >= 4 is 23.5 Å². The van der Waals surface area contributed by atoms with Gasteiger partial charge in [-0.25, -0.2) is 0 Å². The van der Waals surface area contributed by atoms with Gasteiger partial charge in [-0.3, -0.25) is 14.4 Å². The van der Waals surface area contributed by atoms with Gasteiger partial charge in [0, 0.05) is 11.3 Å². The lowest BCUT2D eigenvalue weighted by Crippen LogP contribution is -2.30. The van der Waals surface area contributed by atoms with Crippen molar-refractivity contribution in [1.82, 2.24) is 5.32 Å². The van der Waals surface area contributed by atoms with E-state index in [0.717, 1.165) is 5.56 Å². The number of hydrogen-bond donors (Lipinski definition) is 2. The average molecular weight is 392 g/mol. The maximum atomic E-state index is 12.7. The number of anilines is 1. The molecule has 1 aromatic heterocycles. The van der Waals surface area contributed by atoms with Crippen LogP contribution in [-0.2, 0) is 9.53 Å². The van der Waals surface area contributed by atoms with Crippen LogP contribution in [0.25, 0.3) is 0 Å². The largest absolute Gasteiger partial charge is 0.469 e. The summed E-state index contributed by atoms with van der Waals surface area (Å²) in [4.78, 5) is 36.4. The first-order chi connectivity index (χ1) is 14.1. The van der Waals surface area contributed by atoms with Gasteiger partial charge in [0.25, 0.3) is 11.8 Å². The number of carbonyl (C=O) groups excluding carboxylic acids is 3. The fourth-order valence-electron chi connectivity index (χ4n) is 2.73. The van der Waals surface area contributed by atoms with E-state index in [1.54, 1.807) is 36.4 Å². The molecule has 29 heavy (non-hydrogen) atoms. The molecule has 3 aromatic rings. The number of esters is 1. The van der Waals surface area contributed by atoms with Crippen molar-refractivity contribution in [2.24, 2.45) is 0 Å². The van der Waals surface area contributed by atoms with Crippen LogP contribution in [0.1, 0.15) is 38.9 Å². The van der Waals surface area contributed by atoms with Gasteiger partial charge >= 0.3 is 5.97 Å². The lowest BCUT2D eigenvalue weighted by molar-refractivity contribution is -0.141. The van der Waals surface area contributed by atoms with Crippen molar-refractivity contribution in [2.75, 3.05) is 12.4 Å². The monoisotopic (exact) mass is 392 g/mol. The second-order valence-electron chi connectivity index (χ2n) is 6.23. The molecule has 0 bridgehead atoms. The maximum Gasteiger partial charge on any atom is 0.307 e. The number of hydrogen-bond acceptors (Lipinski definition) is 5. The van der Waals surface area contributed by atoms with Crippen LogP contribution in [0, 0.1) is 0 Å². The number of furan rings is 1. The van der Waals surface area contributed by atoms with E-state index in [-0.39, 0.29) is 24.0 Å². The molecule has 7 nitrogen and oxygen atoms in total. The zero-order chi connectivity index (χ0) is 20.6. The predicted octanol–water partition coefficient (Wildman–Crippen LogP) is 3.57. The molecule has 0 aliphatic heterocycles. The van der Waals surface area contributed by atoms with Crippen LogP contribution >= 0.6 is 0 Å². The molecule has 0 saturated carbocycles. The molecule has 0 aliphatic carbocycles. The highest BCUT2D eigenvalue weighted by Crippen LogP contribution is 2.19. The smallest absolute Gasteiger partial charge is 0.307 e. The third-order valence-corrected chi connectivity index (χ3v) is 4.26. The van der Waals surface area contributed by atoms with Crippen LogP contribution in [-0.4, -0.2) is 24.9 Å². The molecule has 2 amide bonds. The number of nitrogens with one attached hydrogen (secondary N) is 2. The molecule has 1 atom stereocenters. The second-order valence-corrected chi connectivity index (χ2v) is 6.23. The highest BCUT2D eigenvalue weighted by molar-refractivity contribution is 6.02. The number of carbonyl (C=O) groups is 3. The fourth-order valence-corrected chi connectivity index (χ4v) is 2.73. The van der Waals surface area contributed by atoms with Gasteiger partial charge in [0.2, 0.25) is 0 Å². The molecule has 7 heteroatoms. The molecule has 0 unspecified atom stereocenters. The Kier molecular flexibility index (Phi) is 6.42. The Morgan fingerprint density at radius 1 is 0.931 bits per heavy atom. The Morgan fingerprint density at radius 3 is 2.28 bits per heavy atom. The first-order valence-corrected chi connectivity index (χ1v) is 8.94. The average Bonchev–Trinajstić information content (AvgIpc) is 3.29. The molecule has 1 heterocycles. The topological polar surface area (TPSA) is 97.6 Å². The number of benzene rings is 2. The van der Waals surface area contributed by atoms with Crippen molar-refractivity contribution < 1.29 is 23.5 Å². The number of amides is 2. The van der Waals surface area contributed by atoms with E-state index in [0.29, 0.717) is 11.3 Å². The maximum absolute atomic E-state index is 12.7. The number of ether oxygens (including phenoxy) is 1. The minimum atomic E-state index is -0.519. The summed E-state index contributed by atoms with van der Waals surface area (Å²) in [7, 11) is 1.31. The van der Waals surface area contributed by atoms with Gasteiger partial charge in [0.05, 0.1) is 25.8 Å². The lowest BCUT2D eigenvalue weighted by Gasteiger charge is -2.18. The molecule has 148 valence electrons. The summed E-state index contributed by atoms with van der Waals surface area (Å²) in [5.74, 6) is -0.948. The zero-order valence-electron chi connectivity index (χ0n) is 15.8.